The molecule has 0 aliphatic heterocycles. The van der Waals surface area contributed by atoms with Crippen LogP contribution >= 0.6 is 0 Å². The van der Waals surface area contributed by atoms with Gasteiger partial charge in [-0.1, -0.05) is 49.5 Å². The molecule has 82 valence electrons. The third kappa shape index (κ3) is 12.6. The zero-order valence-corrected chi connectivity index (χ0v) is 9.43. The summed E-state index contributed by atoms with van der Waals surface area (Å²) in [5.41, 5.74) is 0. The van der Waals surface area contributed by atoms with Gasteiger partial charge in [-0.25, -0.2) is 0 Å². The molecule has 0 aromatic carbocycles. The summed E-state index contributed by atoms with van der Waals surface area (Å²) in [5.74, 6) is 0. The minimum Gasteiger partial charge on any atom is -0.299 e. The van der Waals surface area contributed by atoms with Gasteiger partial charge in [0, 0.05) is 0 Å². The van der Waals surface area contributed by atoms with Gasteiger partial charge in [0.2, 0.25) is 0 Å². The first-order valence-corrected chi connectivity index (χ1v) is 5.47. The number of hydrogen-bond acceptors (Lipinski definition) is 1. The molecule has 15 heavy (non-hydrogen) atoms. The van der Waals surface area contributed by atoms with Crippen LogP contribution in [-0.4, -0.2) is 6.29 Å². The highest BCUT2D eigenvalue weighted by Gasteiger charge is 1.73. The Morgan fingerprint density at radius 1 is 0.733 bits per heavy atom. The van der Waals surface area contributed by atoms with Crippen LogP contribution in [0.3, 0.4) is 0 Å². The summed E-state index contributed by atoms with van der Waals surface area (Å²) in [5, 5.41) is 0. The topological polar surface area (TPSA) is 17.1 Å². The van der Waals surface area contributed by atoms with E-state index < -0.39 is 0 Å². The minimum atomic E-state index is 0.799. The molecule has 0 aliphatic carbocycles. The van der Waals surface area contributed by atoms with Crippen LogP contribution in [0.2, 0.25) is 0 Å². The predicted octanol–water partition coefficient (Wildman–Crippen LogP) is 3.99. The Bertz CT molecular complexity index is 244. The number of hydrogen-bond donors (Lipinski definition) is 0. The van der Waals surface area contributed by atoms with E-state index in [9.17, 15) is 4.79 Å². The van der Waals surface area contributed by atoms with E-state index in [2.05, 4.69) is 43.4 Å². The fraction of sp³-hybridized carbons (Fsp3) is 0.357. The Morgan fingerprint density at radius 3 is 1.67 bits per heavy atom. The van der Waals surface area contributed by atoms with Crippen LogP contribution in [0.25, 0.3) is 0 Å². The minimum absolute atomic E-state index is 0.799. The van der Waals surface area contributed by atoms with Gasteiger partial charge in [-0.05, 0) is 31.8 Å². The second kappa shape index (κ2) is 12.6. The number of carbonyl (C=O) groups is 1. The Labute approximate surface area is 92.9 Å². The molecule has 0 saturated heterocycles. The second-order valence-electron chi connectivity index (χ2n) is 3.09. The van der Waals surface area contributed by atoms with E-state index in [0.717, 1.165) is 32.0 Å². The van der Waals surface area contributed by atoms with Gasteiger partial charge in [0.15, 0.2) is 0 Å². The molecule has 0 aliphatic rings. The first-order chi connectivity index (χ1) is 7.41. The van der Waals surface area contributed by atoms with Crippen LogP contribution in [0.4, 0.5) is 0 Å². The summed E-state index contributed by atoms with van der Waals surface area (Å²) < 4.78 is 0. The summed E-state index contributed by atoms with van der Waals surface area (Å²) in [7, 11) is 0. The van der Waals surface area contributed by atoms with E-state index in [0.29, 0.717) is 0 Å². The molecule has 0 aromatic rings. The van der Waals surface area contributed by atoms with E-state index >= 15 is 0 Å². The maximum atomic E-state index is 9.94. The quantitative estimate of drug-likeness (QED) is 0.332. The molecule has 0 aromatic heterocycles. The molecule has 0 amide bonds. The Kier molecular flexibility index (Phi) is 11.5. The van der Waals surface area contributed by atoms with E-state index in [1.807, 2.05) is 6.08 Å². The smallest absolute Gasteiger partial charge is 0.142 e. The lowest BCUT2D eigenvalue weighted by molar-refractivity contribution is -0.104. The standard InChI is InChI=1S/C14H20O/c1-2-3-4-5-6-7-8-9-10-11-12-13-14-15/h3-4,6-7,9-10,12-14H,2,5,8,11H2,1H3/b4-3-,7-6-,10-9-,13-12+. The molecular weight excluding hydrogens is 184 g/mol. The van der Waals surface area contributed by atoms with Crippen molar-refractivity contribution in [1.29, 1.82) is 0 Å². The van der Waals surface area contributed by atoms with Gasteiger partial charge in [-0.15, -0.1) is 0 Å². The fourth-order valence-corrected chi connectivity index (χ4v) is 1.02. The molecule has 0 saturated carbocycles. The van der Waals surface area contributed by atoms with Crippen molar-refractivity contribution in [2.24, 2.45) is 0 Å². The summed E-state index contributed by atoms with van der Waals surface area (Å²) in [4.78, 5) is 9.94. The Hall–Kier alpha value is -1.37. The maximum Gasteiger partial charge on any atom is 0.142 e. The Balaban J connectivity index is 3.39. The van der Waals surface area contributed by atoms with Crippen LogP contribution in [0, 0.1) is 0 Å². The highest BCUT2D eigenvalue weighted by molar-refractivity contribution is 5.64. The van der Waals surface area contributed by atoms with E-state index in [1.165, 1.54) is 6.08 Å². The van der Waals surface area contributed by atoms with Crippen molar-refractivity contribution in [3.63, 3.8) is 0 Å². The zero-order valence-electron chi connectivity index (χ0n) is 9.43. The lowest BCUT2D eigenvalue weighted by Crippen LogP contribution is -1.64. The summed E-state index contributed by atoms with van der Waals surface area (Å²) in [6.45, 7) is 2.13. The van der Waals surface area contributed by atoms with E-state index in [-0.39, 0.29) is 0 Å². The van der Waals surface area contributed by atoms with Gasteiger partial charge in [0.05, 0.1) is 0 Å². The molecule has 0 unspecified atom stereocenters. The third-order valence-corrected chi connectivity index (χ3v) is 1.77. The summed E-state index contributed by atoms with van der Waals surface area (Å²) in [6, 6.07) is 0. The monoisotopic (exact) mass is 204 g/mol. The predicted molar refractivity (Wildman–Crippen MR) is 66.8 cm³/mol. The van der Waals surface area contributed by atoms with Gasteiger partial charge >= 0.3 is 0 Å². The summed E-state index contributed by atoms with van der Waals surface area (Å²) >= 11 is 0. The van der Waals surface area contributed by atoms with Gasteiger partial charge in [0.25, 0.3) is 0 Å². The van der Waals surface area contributed by atoms with Crippen molar-refractivity contribution in [2.45, 2.75) is 32.6 Å². The van der Waals surface area contributed by atoms with Gasteiger partial charge in [-0.3, -0.25) is 4.79 Å². The number of aldehydes is 1. The van der Waals surface area contributed by atoms with Crippen LogP contribution < -0.4 is 0 Å². The average molecular weight is 204 g/mol. The van der Waals surface area contributed by atoms with Crippen LogP contribution in [0.15, 0.2) is 48.6 Å². The molecule has 0 N–H and O–H groups in total. The largest absolute Gasteiger partial charge is 0.299 e. The third-order valence-electron chi connectivity index (χ3n) is 1.77. The molecule has 0 radical (unpaired) electrons. The SMILES string of the molecule is CC/C=C\C/C=C\C/C=C\C/C=C/C=O. The number of carbonyl (C=O) groups excluding carboxylic acids is 1. The van der Waals surface area contributed by atoms with Crippen molar-refractivity contribution in [3.8, 4) is 0 Å². The Morgan fingerprint density at radius 2 is 1.20 bits per heavy atom. The van der Waals surface area contributed by atoms with Crippen molar-refractivity contribution in [2.75, 3.05) is 0 Å². The molecular formula is C14H20O. The normalized spacial score (nSPS) is 12.6. The van der Waals surface area contributed by atoms with Gasteiger partial charge in [0.1, 0.15) is 6.29 Å². The van der Waals surface area contributed by atoms with Crippen molar-refractivity contribution in [3.05, 3.63) is 48.6 Å². The molecule has 1 heteroatoms. The highest BCUT2D eigenvalue weighted by atomic mass is 16.1. The molecule has 0 fully saturated rings. The summed E-state index contributed by atoms with van der Waals surface area (Å²) in [6.07, 6.45) is 20.9. The molecule has 0 rings (SSSR count). The first kappa shape index (κ1) is 13.6. The van der Waals surface area contributed by atoms with Crippen LogP contribution in [-0.2, 0) is 4.79 Å². The molecule has 0 spiro atoms. The lowest BCUT2D eigenvalue weighted by Gasteiger charge is -1.83. The highest BCUT2D eigenvalue weighted by Crippen LogP contribution is 1.93. The van der Waals surface area contributed by atoms with Crippen LogP contribution in [0.5, 0.6) is 0 Å². The van der Waals surface area contributed by atoms with Crippen molar-refractivity contribution in [1.82, 2.24) is 0 Å². The zero-order chi connectivity index (χ0) is 11.2. The van der Waals surface area contributed by atoms with Crippen LogP contribution in [0.1, 0.15) is 32.6 Å². The van der Waals surface area contributed by atoms with Crippen molar-refractivity contribution >= 4 is 6.29 Å². The van der Waals surface area contributed by atoms with Crippen molar-refractivity contribution < 1.29 is 4.79 Å². The van der Waals surface area contributed by atoms with Gasteiger partial charge in [-0.2, -0.15) is 0 Å². The second-order valence-corrected chi connectivity index (χ2v) is 3.09. The number of rotatable bonds is 8. The molecule has 0 bridgehead atoms. The lowest BCUT2D eigenvalue weighted by atomic mass is 10.2. The van der Waals surface area contributed by atoms with Gasteiger partial charge < -0.3 is 0 Å². The maximum absolute atomic E-state index is 9.94. The first-order valence-electron chi connectivity index (χ1n) is 5.47. The molecule has 0 atom stereocenters. The average Bonchev–Trinajstić information content (AvgIpc) is 2.26. The number of allylic oxidation sites excluding steroid dienone is 8. The molecule has 0 heterocycles. The fourth-order valence-electron chi connectivity index (χ4n) is 1.02. The molecule has 1 nitrogen and oxygen atoms in total. The van der Waals surface area contributed by atoms with E-state index in [1.54, 1.807) is 0 Å². The van der Waals surface area contributed by atoms with E-state index in [4.69, 9.17) is 0 Å².